The van der Waals surface area contributed by atoms with Crippen LogP contribution >= 0.6 is 0 Å². The summed E-state index contributed by atoms with van der Waals surface area (Å²) in [4.78, 5) is 2.45. The van der Waals surface area contributed by atoms with Crippen LogP contribution in [-0.2, 0) is 17.6 Å². The monoisotopic (exact) mass is 203 g/mol. The van der Waals surface area contributed by atoms with Crippen molar-refractivity contribution in [1.29, 1.82) is 0 Å². The largest absolute Gasteiger partial charge is 0.373 e. The van der Waals surface area contributed by atoms with Crippen molar-refractivity contribution in [1.82, 2.24) is 0 Å². The van der Waals surface area contributed by atoms with E-state index in [2.05, 4.69) is 30.0 Å². The van der Waals surface area contributed by atoms with Gasteiger partial charge in [-0.2, -0.15) is 0 Å². The average Bonchev–Trinajstić information content (AvgIpc) is 2.97. The highest BCUT2D eigenvalue weighted by Crippen LogP contribution is 2.29. The second-order valence-electron chi connectivity index (χ2n) is 4.45. The minimum Gasteiger partial charge on any atom is -0.373 e. The van der Waals surface area contributed by atoms with Crippen LogP contribution in [0.5, 0.6) is 0 Å². The molecule has 80 valence electrons. The lowest BCUT2D eigenvalue weighted by atomic mass is 10.0. The Labute approximate surface area is 90.8 Å². The fourth-order valence-electron chi connectivity index (χ4n) is 2.43. The maximum atomic E-state index is 5.26. The van der Waals surface area contributed by atoms with E-state index >= 15 is 0 Å². The second-order valence-corrected chi connectivity index (χ2v) is 4.45. The molecule has 0 N–H and O–H groups in total. The van der Waals surface area contributed by atoms with Gasteiger partial charge in [0.15, 0.2) is 0 Å². The Bertz CT molecular complexity index is 371. The van der Waals surface area contributed by atoms with Crippen molar-refractivity contribution in [3.63, 3.8) is 0 Å². The van der Waals surface area contributed by atoms with Crippen molar-refractivity contribution < 1.29 is 4.74 Å². The van der Waals surface area contributed by atoms with Crippen LogP contribution in [0.15, 0.2) is 18.2 Å². The van der Waals surface area contributed by atoms with Gasteiger partial charge in [-0.15, -0.1) is 0 Å². The molecule has 0 bridgehead atoms. The van der Waals surface area contributed by atoms with Gasteiger partial charge in [-0.05, 0) is 30.5 Å². The number of fused-ring (bicyclic) bond motifs is 1. The molecule has 1 aromatic carbocycles. The highest BCUT2D eigenvalue weighted by atomic mass is 16.6. The number of benzene rings is 1. The van der Waals surface area contributed by atoms with Gasteiger partial charge in [0.05, 0.1) is 12.7 Å². The molecular formula is C13H17NO. The Kier molecular flexibility index (Phi) is 2.17. The summed E-state index contributed by atoms with van der Waals surface area (Å²) in [5.74, 6) is 0. The molecule has 2 aliphatic rings. The Balaban J connectivity index is 1.83. The van der Waals surface area contributed by atoms with Gasteiger partial charge in [0.1, 0.15) is 0 Å². The normalized spacial score (nSPS) is 23.0. The van der Waals surface area contributed by atoms with Crippen molar-refractivity contribution in [3.8, 4) is 0 Å². The van der Waals surface area contributed by atoms with E-state index in [0.29, 0.717) is 6.10 Å². The van der Waals surface area contributed by atoms with Gasteiger partial charge in [0.2, 0.25) is 0 Å². The molecule has 2 nitrogen and oxygen atoms in total. The van der Waals surface area contributed by atoms with Crippen molar-refractivity contribution in [2.24, 2.45) is 0 Å². The van der Waals surface area contributed by atoms with Gasteiger partial charge in [0, 0.05) is 25.2 Å². The smallest absolute Gasteiger partial charge is 0.0850 e. The van der Waals surface area contributed by atoms with Crippen LogP contribution in [-0.4, -0.2) is 25.8 Å². The molecule has 0 aliphatic carbocycles. The Morgan fingerprint density at radius 1 is 1.47 bits per heavy atom. The first-order chi connectivity index (χ1) is 7.36. The number of likely N-dealkylation sites (N-methyl/N-ethyl adjacent to an activating group) is 1. The lowest BCUT2D eigenvalue weighted by Crippen LogP contribution is -2.19. The van der Waals surface area contributed by atoms with E-state index in [4.69, 9.17) is 4.74 Å². The van der Waals surface area contributed by atoms with Crippen LogP contribution in [0.4, 0.5) is 5.69 Å². The molecule has 0 amide bonds. The molecule has 0 aromatic heterocycles. The first-order valence-corrected chi connectivity index (χ1v) is 5.85. The van der Waals surface area contributed by atoms with Crippen molar-refractivity contribution in [3.05, 3.63) is 29.3 Å². The minimum atomic E-state index is 0.506. The standard InChI is InChI=1S/C13H17NO/c1-2-14-6-5-11-7-10(3-4-13(11)14)8-12-9-15-12/h3-4,7,12H,2,5-6,8-9H2,1H3. The number of anilines is 1. The molecule has 1 fully saturated rings. The van der Waals surface area contributed by atoms with Crippen LogP contribution in [0.3, 0.4) is 0 Å². The van der Waals surface area contributed by atoms with E-state index < -0.39 is 0 Å². The summed E-state index contributed by atoms with van der Waals surface area (Å²) in [6.45, 7) is 5.49. The lowest BCUT2D eigenvalue weighted by Gasteiger charge is -2.16. The summed E-state index contributed by atoms with van der Waals surface area (Å²) in [5.41, 5.74) is 4.40. The number of rotatable bonds is 3. The number of hydrogen-bond acceptors (Lipinski definition) is 2. The zero-order valence-electron chi connectivity index (χ0n) is 9.20. The van der Waals surface area contributed by atoms with Gasteiger partial charge in [0.25, 0.3) is 0 Å². The van der Waals surface area contributed by atoms with Gasteiger partial charge in [-0.1, -0.05) is 12.1 Å². The van der Waals surface area contributed by atoms with Crippen molar-refractivity contribution >= 4 is 5.69 Å². The maximum Gasteiger partial charge on any atom is 0.0850 e. The third-order valence-electron chi connectivity index (χ3n) is 3.38. The van der Waals surface area contributed by atoms with Crippen LogP contribution in [0.2, 0.25) is 0 Å². The van der Waals surface area contributed by atoms with E-state index in [1.165, 1.54) is 29.8 Å². The third kappa shape index (κ3) is 1.74. The fraction of sp³-hybridized carbons (Fsp3) is 0.538. The van der Waals surface area contributed by atoms with Gasteiger partial charge >= 0.3 is 0 Å². The summed E-state index contributed by atoms with van der Waals surface area (Å²) in [6, 6.07) is 6.91. The van der Waals surface area contributed by atoms with Crippen LogP contribution in [0.25, 0.3) is 0 Å². The van der Waals surface area contributed by atoms with E-state index in [1.54, 1.807) is 0 Å². The van der Waals surface area contributed by atoms with Gasteiger partial charge in [-0.25, -0.2) is 0 Å². The number of nitrogens with zero attached hydrogens (tertiary/aromatic N) is 1. The zero-order chi connectivity index (χ0) is 10.3. The third-order valence-corrected chi connectivity index (χ3v) is 3.38. The van der Waals surface area contributed by atoms with Crippen LogP contribution < -0.4 is 4.90 Å². The Morgan fingerprint density at radius 2 is 2.33 bits per heavy atom. The quantitative estimate of drug-likeness (QED) is 0.698. The fourth-order valence-corrected chi connectivity index (χ4v) is 2.43. The molecule has 1 saturated heterocycles. The van der Waals surface area contributed by atoms with E-state index in [1.807, 2.05) is 0 Å². The summed E-state index contributed by atoms with van der Waals surface area (Å²) >= 11 is 0. The Morgan fingerprint density at radius 3 is 3.07 bits per heavy atom. The highest BCUT2D eigenvalue weighted by Gasteiger charge is 2.24. The van der Waals surface area contributed by atoms with Crippen LogP contribution in [0.1, 0.15) is 18.1 Å². The molecule has 2 heterocycles. The van der Waals surface area contributed by atoms with Gasteiger partial charge < -0.3 is 9.64 Å². The molecule has 15 heavy (non-hydrogen) atoms. The molecule has 3 rings (SSSR count). The summed E-state index contributed by atoms with van der Waals surface area (Å²) in [5, 5.41) is 0. The average molecular weight is 203 g/mol. The Hall–Kier alpha value is -1.02. The molecular weight excluding hydrogens is 186 g/mol. The SMILES string of the molecule is CCN1CCc2cc(CC3CO3)ccc21. The number of epoxide rings is 1. The lowest BCUT2D eigenvalue weighted by molar-refractivity contribution is 0.407. The molecule has 2 heteroatoms. The van der Waals surface area contributed by atoms with Gasteiger partial charge in [-0.3, -0.25) is 0 Å². The summed E-state index contributed by atoms with van der Waals surface area (Å²) in [6.07, 6.45) is 2.81. The molecule has 1 unspecified atom stereocenters. The van der Waals surface area contributed by atoms with Crippen molar-refractivity contribution in [2.45, 2.75) is 25.9 Å². The van der Waals surface area contributed by atoms with Crippen molar-refractivity contribution in [2.75, 3.05) is 24.6 Å². The minimum absolute atomic E-state index is 0.506. The maximum absolute atomic E-state index is 5.26. The molecule has 0 radical (unpaired) electrons. The summed E-state index contributed by atoms with van der Waals surface area (Å²) in [7, 11) is 0. The molecule has 0 spiro atoms. The van der Waals surface area contributed by atoms with E-state index in [9.17, 15) is 0 Å². The predicted octanol–water partition coefficient (Wildman–Crippen LogP) is 2.01. The highest BCUT2D eigenvalue weighted by molar-refractivity contribution is 5.59. The molecule has 2 aliphatic heterocycles. The topological polar surface area (TPSA) is 15.8 Å². The zero-order valence-corrected chi connectivity index (χ0v) is 9.20. The van der Waals surface area contributed by atoms with E-state index in [0.717, 1.165) is 19.6 Å². The number of ether oxygens (including phenoxy) is 1. The number of hydrogen-bond donors (Lipinski definition) is 0. The second kappa shape index (κ2) is 3.53. The summed E-state index contributed by atoms with van der Waals surface area (Å²) < 4.78 is 5.26. The first kappa shape index (κ1) is 9.22. The molecule has 1 atom stereocenters. The molecule has 0 saturated carbocycles. The first-order valence-electron chi connectivity index (χ1n) is 5.85. The van der Waals surface area contributed by atoms with Crippen LogP contribution in [0, 0.1) is 0 Å². The predicted molar refractivity (Wildman–Crippen MR) is 61.5 cm³/mol. The van der Waals surface area contributed by atoms with E-state index in [-0.39, 0.29) is 0 Å². The molecule has 1 aromatic rings.